The maximum absolute atomic E-state index is 12.7. The molecule has 0 radical (unpaired) electrons. The third-order valence-electron chi connectivity index (χ3n) is 3.04. The van der Waals surface area contributed by atoms with E-state index in [1.807, 2.05) is 0 Å². The number of hydrogen-bond donors (Lipinski definition) is 0. The molecule has 0 aliphatic rings. The highest BCUT2D eigenvalue weighted by Crippen LogP contribution is 2.21. The maximum atomic E-state index is 12.7. The fourth-order valence-corrected chi connectivity index (χ4v) is 6.23. The Morgan fingerprint density at radius 2 is 1.38 bits per heavy atom. The fraction of sp³-hybridized carbons (Fsp3) is 0.294. The highest BCUT2D eigenvalue weighted by Gasteiger charge is 2.20. The molecule has 164 valence electrons. The van der Waals surface area contributed by atoms with Gasteiger partial charge in [0, 0.05) is 5.38 Å². The molecule has 2 aromatic rings. The highest BCUT2D eigenvalue weighted by atomic mass is 32.2. The number of sulfone groups is 2. The van der Waals surface area contributed by atoms with Gasteiger partial charge in [0.15, 0.2) is 19.7 Å². The lowest BCUT2D eigenvalue weighted by Gasteiger charge is -1.99. The van der Waals surface area contributed by atoms with Crippen molar-refractivity contribution in [2.45, 2.75) is 30.4 Å². The molecule has 2 aromatic heterocycles. The summed E-state index contributed by atoms with van der Waals surface area (Å²) in [5.41, 5.74) is 0. The van der Waals surface area contributed by atoms with Gasteiger partial charge in [-0.2, -0.15) is 11.3 Å². The molecule has 0 atom stereocenters. The van der Waals surface area contributed by atoms with E-state index in [9.17, 15) is 34.4 Å². The molecule has 0 bridgehead atoms. The third-order valence-corrected chi connectivity index (χ3v) is 8.57. The molecule has 0 aliphatic carbocycles. The first-order chi connectivity index (χ1) is 12.9. The Hall–Kier alpha value is -1.50. The predicted molar refractivity (Wildman–Crippen MR) is 109 cm³/mol. The van der Waals surface area contributed by atoms with E-state index in [4.69, 9.17) is 0 Å². The lowest BCUT2D eigenvalue weighted by Crippen LogP contribution is -2.06. The number of halogens is 4. The molecule has 0 aromatic carbocycles. The summed E-state index contributed by atoms with van der Waals surface area (Å²) in [6, 6.07) is 4.27. The number of hydrogen-bond acceptors (Lipinski definition) is 6. The molecule has 2 rings (SSSR count). The lowest BCUT2D eigenvalue weighted by atomic mass is 10.5. The molecule has 0 fully saturated rings. The molecule has 12 heteroatoms. The summed E-state index contributed by atoms with van der Waals surface area (Å²) in [7, 11) is -7.44. The van der Waals surface area contributed by atoms with Crippen LogP contribution in [0.3, 0.4) is 0 Å². The second kappa shape index (κ2) is 11.6. The highest BCUT2D eigenvalue weighted by molar-refractivity contribution is 7.93. The smallest absolute Gasteiger partial charge is 0.194 e. The number of thiophene rings is 2. The van der Waals surface area contributed by atoms with E-state index >= 15 is 0 Å². The Kier molecular flexibility index (Phi) is 11.0. The van der Waals surface area contributed by atoms with Gasteiger partial charge in [-0.25, -0.2) is 34.4 Å². The van der Waals surface area contributed by atoms with Gasteiger partial charge < -0.3 is 0 Å². The van der Waals surface area contributed by atoms with Gasteiger partial charge in [0.25, 0.3) is 0 Å². The fourth-order valence-electron chi connectivity index (χ4n) is 1.56. The van der Waals surface area contributed by atoms with Crippen LogP contribution in [0, 0.1) is 0 Å². The summed E-state index contributed by atoms with van der Waals surface area (Å²) in [5.74, 6) is -6.48. The average Bonchev–Trinajstić information content (AvgIpc) is 3.28. The Balaban J connectivity index is 0.000000523. The zero-order chi connectivity index (χ0) is 21.5. The van der Waals surface area contributed by atoms with E-state index in [1.54, 1.807) is 16.8 Å². The molecule has 29 heavy (non-hydrogen) atoms. The SMILES string of the molecule is C.C/C(F)=C(\F)CS(=O)(=O)c1cccs1.C/C(F)=C(\F)CS(=O)(=O)c1ccsc1. The standard InChI is InChI=1S/2C8H8F2O2S2.CH4/c1-6(9)8(10)5-14(11,12)7-2-3-13-4-7;1-6(9)7(10)5-14(11,12)8-3-2-4-13-8;/h2*2-4H,5H2,1H3;1H4/b8-6+;7-6+;. The molecule has 4 nitrogen and oxygen atoms in total. The van der Waals surface area contributed by atoms with E-state index in [0.717, 1.165) is 25.2 Å². The second-order valence-electron chi connectivity index (χ2n) is 5.29. The third kappa shape index (κ3) is 8.81. The van der Waals surface area contributed by atoms with E-state index in [-0.39, 0.29) is 16.5 Å². The summed E-state index contributed by atoms with van der Waals surface area (Å²) in [5, 5.41) is 4.52. The lowest BCUT2D eigenvalue weighted by molar-refractivity contribution is 0.532. The predicted octanol–water partition coefficient (Wildman–Crippen LogP) is 6.02. The molecular weight excluding hydrogens is 472 g/mol. The molecule has 2 heterocycles. The Morgan fingerprint density at radius 1 is 0.862 bits per heavy atom. The van der Waals surface area contributed by atoms with Crippen LogP contribution in [0.4, 0.5) is 17.6 Å². The van der Waals surface area contributed by atoms with Crippen molar-refractivity contribution in [1.82, 2.24) is 0 Å². The first-order valence-electron chi connectivity index (χ1n) is 7.39. The Morgan fingerprint density at radius 3 is 1.76 bits per heavy atom. The molecule has 0 unspecified atom stereocenters. The van der Waals surface area contributed by atoms with Crippen molar-refractivity contribution in [2.75, 3.05) is 11.5 Å². The van der Waals surface area contributed by atoms with Gasteiger partial charge in [0.05, 0.1) is 4.90 Å². The second-order valence-corrected chi connectivity index (χ2v) is 11.2. The normalized spacial score (nSPS) is 13.4. The summed E-state index contributed by atoms with van der Waals surface area (Å²) < 4.78 is 95.7. The topological polar surface area (TPSA) is 68.3 Å². The Labute approximate surface area is 176 Å². The molecule has 0 spiro atoms. The van der Waals surface area contributed by atoms with Crippen molar-refractivity contribution >= 4 is 42.3 Å². The monoisotopic (exact) mass is 492 g/mol. The zero-order valence-corrected chi connectivity index (χ0v) is 17.9. The van der Waals surface area contributed by atoms with Gasteiger partial charge in [-0.3, -0.25) is 0 Å². The van der Waals surface area contributed by atoms with E-state index < -0.39 is 54.5 Å². The first-order valence-corrected chi connectivity index (χ1v) is 12.5. The van der Waals surface area contributed by atoms with Crippen LogP contribution in [-0.4, -0.2) is 28.3 Å². The number of allylic oxidation sites excluding steroid dienone is 2. The summed E-state index contributed by atoms with van der Waals surface area (Å²) in [6.07, 6.45) is 0. The Bertz CT molecular complexity index is 943. The molecular formula is C17H20F4O4S4. The molecule has 0 amide bonds. The van der Waals surface area contributed by atoms with Gasteiger partial charge >= 0.3 is 0 Å². The average molecular weight is 493 g/mol. The largest absolute Gasteiger partial charge is 0.223 e. The van der Waals surface area contributed by atoms with Crippen LogP contribution in [0.1, 0.15) is 21.3 Å². The minimum atomic E-state index is -3.72. The van der Waals surface area contributed by atoms with Gasteiger partial charge in [0.2, 0.25) is 0 Å². The quantitative estimate of drug-likeness (QED) is 0.463. The molecule has 0 N–H and O–H groups in total. The summed E-state index contributed by atoms with van der Waals surface area (Å²) in [4.78, 5) is 0.0268. The first kappa shape index (κ1) is 27.5. The zero-order valence-electron chi connectivity index (χ0n) is 14.7. The summed E-state index contributed by atoms with van der Waals surface area (Å²) >= 11 is 2.17. The van der Waals surface area contributed by atoms with Crippen LogP contribution < -0.4 is 0 Å². The van der Waals surface area contributed by atoms with Crippen LogP contribution in [0.2, 0.25) is 0 Å². The van der Waals surface area contributed by atoms with E-state index in [2.05, 4.69) is 0 Å². The minimum Gasteiger partial charge on any atom is -0.223 e. The van der Waals surface area contributed by atoms with Crippen LogP contribution in [0.5, 0.6) is 0 Å². The van der Waals surface area contributed by atoms with Crippen LogP contribution in [-0.2, 0) is 19.7 Å². The van der Waals surface area contributed by atoms with Crippen LogP contribution >= 0.6 is 22.7 Å². The van der Waals surface area contributed by atoms with Gasteiger partial charge in [-0.05, 0) is 36.7 Å². The van der Waals surface area contributed by atoms with E-state index in [0.29, 0.717) is 0 Å². The van der Waals surface area contributed by atoms with Crippen molar-refractivity contribution < 1.29 is 34.4 Å². The van der Waals surface area contributed by atoms with Crippen molar-refractivity contribution in [1.29, 1.82) is 0 Å². The minimum absolute atomic E-state index is 0. The molecule has 0 saturated carbocycles. The summed E-state index contributed by atoms with van der Waals surface area (Å²) in [6.45, 7) is 1.78. The van der Waals surface area contributed by atoms with Crippen LogP contribution in [0.15, 0.2) is 66.8 Å². The van der Waals surface area contributed by atoms with Gasteiger partial charge in [-0.15, -0.1) is 11.3 Å². The van der Waals surface area contributed by atoms with Crippen molar-refractivity contribution in [3.05, 3.63) is 57.6 Å². The van der Waals surface area contributed by atoms with Crippen molar-refractivity contribution in [2.24, 2.45) is 0 Å². The molecule has 0 aliphatic heterocycles. The molecule has 0 saturated heterocycles. The number of rotatable bonds is 6. The van der Waals surface area contributed by atoms with Crippen molar-refractivity contribution in [3.63, 3.8) is 0 Å². The van der Waals surface area contributed by atoms with E-state index in [1.165, 1.54) is 28.8 Å². The maximum Gasteiger partial charge on any atom is 0.194 e. The van der Waals surface area contributed by atoms with Gasteiger partial charge in [-0.1, -0.05) is 13.5 Å². The van der Waals surface area contributed by atoms with Gasteiger partial charge in [0.1, 0.15) is 39.0 Å². The van der Waals surface area contributed by atoms with Crippen LogP contribution in [0.25, 0.3) is 0 Å². The van der Waals surface area contributed by atoms with Crippen molar-refractivity contribution in [3.8, 4) is 0 Å².